The van der Waals surface area contributed by atoms with Crippen LogP contribution < -0.4 is 10.1 Å². The Morgan fingerprint density at radius 1 is 1.00 bits per heavy atom. The quantitative estimate of drug-likeness (QED) is 0.247. The lowest BCUT2D eigenvalue weighted by atomic mass is 10.1. The molecule has 186 valence electrons. The highest BCUT2D eigenvalue weighted by Gasteiger charge is 2.21. The first kappa shape index (κ1) is 24.3. The molecule has 0 unspecified atom stereocenters. The van der Waals surface area contributed by atoms with Crippen LogP contribution in [0.15, 0.2) is 101 Å². The monoisotopic (exact) mass is 514 g/mol. The predicted molar refractivity (Wildman–Crippen MR) is 139 cm³/mol. The molecule has 1 N–H and O–H groups in total. The molecule has 9 heteroatoms. The van der Waals surface area contributed by atoms with Crippen molar-refractivity contribution in [1.29, 1.82) is 0 Å². The van der Waals surface area contributed by atoms with Crippen molar-refractivity contribution in [2.24, 2.45) is 0 Å². The fourth-order valence-corrected chi connectivity index (χ4v) is 4.80. The largest absolute Gasteiger partial charge is 0.495 e. The molecule has 0 radical (unpaired) electrons. The van der Waals surface area contributed by atoms with E-state index in [2.05, 4.69) is 15.5 Å². The third kappa shape index (κ3) is 5.41. The van der Waals surface area contributed by atoms with Crippen molar-refractivity contribution in [3.8, 4) is 23.0 Å². The highest BCUT2D eigenvalue weighted by Crippen LogP contribution is 2.34. The number of rotatable bonds is 9. The molecule has 5 rings (SSSR count). The maximum absolute atomic E-state index is 13.2. The lowest BCUT2D eigenvalue weighted by Crippen LogP contribution is -2.23. The number of hydrogen-bond donors (Lipinski definition) is 1. The number of amides is 1. The third-order valence-corrected chi connectivity index (χ3v) is 6.66. The van der Waals surface area contributed by atoms with E-state index in [4.69, 9.17) is 9.15 Å². The van der Waals surface area contributed by atoms with E-state index in [0.717, 1.165) is 16.8 Å². The number of aromatic nitrogens is 3. The van der Waals surface area contributed by atoms with E-state index < -0.39 is 0 Å². The van der Waals surface area contributed by atoms with Gasteiger partial charge in [0.2, 0.25) is 5.82 Å². The molecule has 0 aliphatic rings. The van der Waals surface area contributed by atoms with Crippen LogP contribution in [-0.2, 0) is 12.3 Å². The molecule has 2 heterocycles. The highest BCUT2D eigenvalue weighted by atomic mass is 32.2. The zero-order valence-corrected chi connectivity index (χ0v) is 20.7. The summed E-state index contributed by atoms with van der Waals surface area (Å²) in [6, 6.07) is 24.7. The molecule has 0 atom stereocenters. The average Bonchev–Trinajstić information content (AvgIpc) is 3.61. The number of benzene rings is 3. The second kappa shape index (κ2) is 11.1. The van der Waals surface area contributed by atoms with Gasteiger partial charge in [0.1, 0.15) is 11.6 Å². The molecule has 0 spiro atoms. The number of nitrogens with one attached hydrogen (secondary N) is 1. The first-order valence-electron chi connectivity index (χ1n) is 11.5. The van der Waals surface area contributed by atoms with Crippen molar-refractivity contribution >= 4 is 17.7 Å². The Balaban J connectivity index is 1.40. The summed E-state index contributed by atoms with van der Waals surface area (Å²) in [6.07, 6.45) is 1.59. The number of thioether (sulfide) groups is 1. The maximum Gasteiger partial charge on any atom is 0.251 e. The third-order valence-electron chi connectivity index (χ3n) is 5.69. The molecule has 7 nitrogen and oxygen atoms in total. The van der Waals surface area contributed by atoms with E-state index in [1.165, 1.54) is 23.9 Å². The van der Waals surface area contributed by atoms with E-state index >= 15 is 0 Å². The molecule has 2 aromatic heterocycles. The lowest BCUT2D eigenvalue weighted by Gasteiger charge is -2.14. The number of halogens is 1. The summed E-state index contributed by atoms with van der Waals surface area (Å²) in [5, 5.41) is 12.4. The smallest absolute Gasteiger partial charge is 0.251 e. The molecule has 5 aromatic rings. The van der Waals surface area contributed by atoms with Crippen LogP contribution in [0.2, 0.25) is 0 Å². The van der Waals surface area contributed by atoms with Crippen LogP contribution in [-0.4, -0.2) is 27.8 Å². The number of carbonyl (C=O) groups is 1. The Kier molecular flexibility index (Phi) is 7.32. The van der Waals surface area contributed by atoms with Crippen molar-refractivity contribution in [2.45, 2.75) is 17.5 Å². The summed E-state index contributed by atoms with van der Waals surface area (Å²) < 4.78 is 26.3. The van der Waals surface area contributed by atoms with Gasteiger partial charge in [-0.05, 0) is 53.6 Å². The molecule has 0 saturated carbocycles. The number of para-hydroxylation sites is 2. The summed E-state index contributed by atoms with van der Waals surface area (Å²) >= 11 is 1.45. The summed E-state index contributed by atoms with van der Waals surface area (Å²) in [7, 11) is 1.61. The number of nitrogens with zero attached hydrogens (tertiary/aromatic N) is 3. The topological polar surface area (TPSA) is 82.2 Å². The highest BCUT2D eigenvalue weighted by molar-refractivity contribution is 7.98. The van der Waals surface area contributed by atoms with Gasteiger partial charge in [0.05, 0.1) is 19.1 Å². The van der Waals surface area contributed by atoms with E-state index in [0.29, 0.717) is 40.4 Å². The van der Waals surface area contributed by atoms with Gasteiger partial charge in [-0.15, -0.1) is 10.2 Å². The minimum absolute atomic E-state index is 0.206. The second-order valence-corrected chi connectivity index (χ2v) is 8.99. The van der Waals surface area contributed by atoms with Gasteiger partial charge in [-0.1, -0.05) is 54.2 Å². The molecule has 0 saturated heterocycles. The number of hydrogen-bond acceptors (Lipinski definition) is 6. The van der Waals surface area contributed by atoms with Crippen molar-refractivity contribution in [3.05, 3.63) is 114 Å². The summed E-state index contributed by atoms with van der Waals surface area (Å²) in [4.78, 5) is 13.0. The van der Waals surface area contributed by atoms with E-state index in [-0.39, 0.29) is 11.7 Å². The Morgan fingerprint density at radius 2 is 1.78 bits per heavy atom. The van der Waals surface area contributed by atoms with Gasteiger partial charge in [0.15, 0.2) is 10.9 Å². The van der Waals surface area contributed by atoms with Crippen LogP contribution in [0.5, 0.6) is 5.75 Å². The first-order valence-corrected chi connectivity index (χ1v) is 12.5. The fraction of sp³-hybridized carbons (Fsp3) is 0.107. The average molecular weight is 515 g/mol. The van der Waals surface area contributed by atoms with Crippen LogP contribution in [0.4, 0.5) is 4.39 Å². The van der Waals surface area contributed by atoms with Gasteiger partial charge in [-0.2, -0.15) is 0 Å². The molecular formula is C28H23FN4O3S. The van der Waals surface area contributed by atoms with Crippen LogP contribution >= 0.6 is 11.8 Å². The van der Waals surface area contributed by atoms with Crippen LogP contribution in [0, 0.1) is 5.82 Å². The predicted octanol–water partition coefficient (Wildman–Crippen LogP) is 5.90. The van der Waals surface area contributed by atoms with E-state index in [1.54, 1.807) is 37.6 Å². The Hall–Kier alpha value is -4.37. The summed E-state index contributed by atoms with van der Waals surface area (Å²) in [6.45, 7) is 0.301. The minimum Gasteiger partial charge on any atom is -0.495 e. The van der Waals surface area contributed by atoms with Gasteiger partial charge in [0.25, 0.3) is 5.91 Å². The molecule has 0 aliphatic heterocycles. The van der Waals surface area contributed by atoms with Gasteiger partial charge >= 0.3 is 0 Å². The SMILES string of the molecule is COc1ccccc1-n1c(SCc2ccccc2C(=O)NCc2ccc(F)cc2)nnc1-c1ccco1. The van der Waals surface area contributed by atoms with Crippen LogP contribution in [0.1, 0.15) is 21.5 Å². The van der Waals surface area contributed by atoms with Crippen molar-refractivity contribution in [3.63, 3.8) is 0 Å². The maximum atomic E-state index is 13.2. The number of methoxy groups -OCH3 is 1. The molecule has 37 heavy (non-hydrogen) atoms. The van der Waals surface area contributed by atoms with Crippen molar-refractivity contribution in [1.82, 2.24) is 20.1 Å². The van der Waals surface area contributed by atoms with Crippen molar-refractivity contribution < 1.29 is 18.3 Å². The molecule has 1 amide bonds. The van der Waals surface area contributed by atoms with Gasteiger partial charge in [0, 0.05) is 17.9 Å². The number of ether oxygens (including phenoxy) is 1. The number of furan rings is 1. The zero-order valence-electron chi connectivity index (χ0n) is 19.9. The molecule has 0 fully saturated rings. The van der Waals surface area contributed by atoms with E-state index in [9.17, 15) is 9.18 Å². The Bertz CT molecular complexity index is 1500. The Morgan fingerprint density at radius 3 is 2.57 bits per heavy atom. The second-order valence-electron chi connectivity index (χ2n) is 8.05. The molecule has 3 aromatic carbocycles. The zero-order chi connectivity index (χ0) is 25.6. The minimum atomic E-state index is -0.311. The van der Waals surface area contributed by atoms with E-state index in [1.807, 2.05) is 53.1 Å². The van der Waals surface area contributed by atoms with Gasteiger partial charge in [-0.25, -0.2) is 4.39 Å². The standard InChI is InChI=1S/C28H23FN4O3S/c1-35-24-10-5-4-9-23(24)33-26(25-11-6-16-36-25)31-32-28(33)37-18-20-7-2-3-8-22(20)27(34)30-17-19-12-14-21(29)15-13-19/h2-16H,17-18H2,1H3,(H,30,34). The normalized spacial score (nSPS) is 10.9. The molecule has 0 aliphatic carbocycles. The molecular weight excluding hydrogens is 491 g/mol. The summed E-state index contributed by atoms with van der Waals surface area (Å²) in [5.41, 5.74) is 3.00. The van der Waals surface area contributed by atoms with Gasteiger partial charge < -0.3 is 14.5 Å². The number of carbonyl (C=O) groups excluding carboxylic acids is 1. The summed E-state index contributed by atoms with van der Waals surface area (Å²) in [5.74, 6) is 1.74. The first-order chi connectivity index (χ1) is 18.1. The van der Waals surface area contributed by atoms with Crippen molar-refractivity contribution in [2.75, 3.05) is 7.11 Å². The van der Waals surface area contributed by atoms with Crippen LogP contribution in [0.25, 0.3) is 17.3 Å². The lowest BCUT2D eigenvalue weighted by molar-refractivity contribution is 0.0950. The fourth-order valence-electron chi connectivity index (χ4n) is 3.85. The van der Waals surface area contributed by atoms with Crippen LogP contribution in [0.3, 0.4) is 0 Å². The Labute approximate surface area is 217 Å². The molecule has 0 bridgehead atoms. The van der Waals surface area contributed by atoms with Gasteiger partial charge in [-0.3, -0.25) is 9.36 Å².